The number of nitrogens with zero attached hydrogens (tertiary/aromatic N) is 2. The molecule has 2 aliphatic heterocycles. The van der Waals surface area contributed by atoms with E-state index in [1.807, 2.05) is 4.90 Å². The number of unbranched alkanes of at least 4 members (excludes halogenated alkanes) is 1. The van der Waals surface area contributed by atoms with Crippen molar-refractivity contribution in [2.75, 3.05) is 30.7 Å². The monoisotopic (exact) mass is 409 g/mol. The van der Waals surface area contributed by atoms with Crippen molar-refractivity contribution in [3.8, 4) is 0 Å². The fraction of sp³-hybridized carbons (Fsp3) is 0.700. The van der Waals surface area contributed by atoms with E-state index >= 15 is 0 Å². The highest BCUT2D eigenvalue weighted by atomic mass is 32.2. The SMILES string of the molecule is CC(C(=O)O)N1CCC(S(=O)(=O)CCCCc2ccc3c(n2)NCCC3)CC1. The smallest absolute Gasteiger partial charge is 0.320 e. The number of hydrogen-bond donors (Lipinski definition) is 2. The van der Waals surface area contributed by atoms with Gasteiger partial charge in [0.2, 0.25) is 0 Å². The molecule has 2 aliphatic rings. The summed E-state index contributed by atoms with van der Waals surface area (Å²) in [5.74, 6) is 0.334. The lowest BCUT2D eigenvalue weighted by atomic mass is 10.1. The van der Waals surface area contributed by atoms with Crippen molar-refractivity contribution >= 4 is 21.6 Å². The van der Waals surface area contributed by atoms with Crippen LogP contribution in [-0.4, -0.2) is 66.1 Å². The standard InChI is InChI=1S/C20H31N3O4S/c1-15(20(24)25)23-12-9-18(10-13-23)28(26,27)14-3-2-6-17-8-7-16-5-4-11-21-19(16)22-17/h7-8,15,18H,2-6,9-14H2,1H3,(H,21,22)(H,24,25). The molecule has 3 heterocycles. The van der Waals surface area contributed by atoms with Crippen molar-refractivity contribution in [3.05, 3.63) is 23.4 Å². The second kappa shape index (κ2) is 9.22. The molecule has 1 unspecified atom stereocenters. The van der Waals surface area contributed by atoms with Crippen molar-refractivity contribution in [2.24, 2.45) is 0 Å². The lowest BCUT2D eigenvalue weighted by molar-refractivity contribution is -0.142. The maximum absolute atomic E-state index is 12.6. The number of pyridine rings is 1. The van der Waals surface area contributed by atoms with Crippen LogP contribution in [0.15, 0.2) is 12.1 Å². The van der Waals surface area contributed by atoms with Crippen molar-refractivity contribution < 1.29 is 18.3 Å². The summed E-state index contributed by atoms with van der Waals surface area (Å²) >= 11 is 0. The van der Waals surface area contributed by atoms with Gasteiger partial charge in [-0.25, -0.2) is 13.4 Å². The number of aryl methyl sites for hydroxylation is 2. The Morgan fingerprint density at radius 3 is 2.79 bits per heavy atom. The van der Waals surface area contributed by atoms with Crippen molar-refractivity contribution in [1.82, 2.24) is 9.88 Å². The van der Waals surface area contributed by atoms with Gasteiger partial charge in [0.1, 0.15) is 11.9 Å². The number of anilines is 1. The average molecular weight is 410 g/mol. The Balaban J connectivity index is 1.42. The summed E-state index contributed by atoms with van der Waals surface area (Å²) in [5, 5.41) is 12.1. The van der Waals surface area contributed by atoms with Gasteiger partial charge in [-0.05, 0) is 63.5 Å². The molecule has 1 fully saturated rings. The van der Waals surface area contributed by atoms with Crippen LogP contribution in [0.1, 0.15) is 50.3 Å². The first kappa shape index (κ1) is 21.0. The zero-order chi connectivity index (χ0) is 20.1. The molecule has 0 saturated carbocycles. The number of aliphatic carboxylic acids is 1. The Morgan fingerprint density at radius 2 is 2.07 bits per heavy atom. The van der Waals surface area contributed by atoms with Crippen molar-refractivity contribution in [1.29, 1.82) is 0 Å². The van der Waals surface area contributed by atoms with Gasteiger partial charge in [0.15, 0.2) is 9.84 Å². The second-order valence-corrected chi connectivity index (χ2v) is 10.3. The predicted molar refractivity (Wildman–Crippen MR) is 109 cm³/mol. The number of carboxylic acids is 1. The van der Waals surface area contributed by atoms with Crippen LogP contribution in [0, 0.1) is 0 Å². The number of rotatable bonds is 8. The molecule has 156 valence electrons. The third-order valence-corrected chi connectivity index (χ3v) is 8.30. The number of likely N-dealkylation sites (tertiary alicyclic amines) is 1. The summed E-state index contributed by atoms with van der Waals surface area (Å²) < 4.78 is 25.3. The topological polar surface area (TPSA) is 99.6 Å². The number of hydrogen-bond acceptors (Lipinski definition) is 6. The molecule has 1 aromatic heterocycles. The molecule has 0 aromatic carbocycles. The van der Waals surface area contributed by atoms with E-state index in [2.05, 4.69) is 22.4 Å². The summed E-state index contributed by atoms with van der Waals surface area (Å²) in [4.78, 5) is 17.6. The summed E-state index contributed by atoms with van der Waals surface area (Å²) in [6.07, 6.45) is 5.49. The quantitative estimate of drug-likeness (QED) is 0.634. The van der Waals surface area contributed by atoms with Gasteiger partial charge in [-0.15, -0.1) is 0 Å². The molecule has 7 nitrogen and oxygen atoms in total. The van der Waals surface area contributed by atoms with Crippen LogP contribution in [0.2, 0.25) is 0 Å². The van der Waals surface area contributed by atoms with Crippen LogP contribution in [0.4, 0.5) is 5.82 Å². The van der Waals surface area contributed by atoms with Crippen molar-refractivity contribution in [3.63, 3.8) is 0 Å². The molecular weight excluding hydrogens is 378 g/mol. The van der Waals surface area contributed by atoms with Gasteiger partial charge < -0.3 is 10.4 Å². The van der Waals surface area contributed by atoms with Gasteiger partial charge in [0.05, 0.1) is 11.0 Å². The third kappa shape index (κ3) is 5.23. The van der Waals surface area contributed by atoms with Gasteiger partial charge in [0.25, 0.3) is 0 Å². The minimum absolute atomic E-state index is 0.204. The fourth-order valence-corrected chi connectivity index (χ4v) is 5.93. The van der Waals surface area contributed by atoms with Gasteiger partial charge in [-0.1, -0.05) is 6.07 Å². The Kier molecular flexibility index (Phi) is 6.93. The van der Waals surface area contributed by atoms with Crippen LogP contribution in [0.3, 0.4) is 0 Å². The molecular formula is C20H31N3O4S. The minimum atomic E-state index is -3.13. The number of carboxylic acid groups (broad SMARTS) is 1. The van der Waals surface area contributed by atoms with Gasteiger partial charge >= 0.3 is 5.97 Å². The van der Waals surface area contributed by atoms with Crippen LogP contribution in [-0.2, 0) is 27.5 Å². The van der Waals surface area contributed by atoms with E-state index in [0.717, 1.165) is 43.7 Å². The van der Waals surface area contributed by atoms with Crippen LogP contribution in [0.25, 0.3) is 0 Å². The molecule has 0 bridgehead atoms. The molecule has 2 N–H and O–H groups in total. The van der Waals surface area contributed by atoms with E-state index in [9.17, 15) is 13.2 Å². The average Bonchev–Trinajstić information content (AvgIpc) is 2.70. The second-order valence-electron chi connectivity index (χ2n) is 7.91. The van der Waals surface area contributed by atoms with Gasteiger partial charge in [-0.2, -0.15) is 0 Å². The highest BCUT2D eigenvalue weighted by Gasteiger charge is 2.32. The predicted octanol–water partition coefficient (Wildman–Crippen LogP) is 2.11. The highest BCUT2D eigenvalue weighted by Crippen LogP contribution is 2.22. The largest absolute Gasteiger partial charge is 0.480 e. The lowest BCUT2D eigenvalue weighted by Gasteiger charge is -2.33. The van der Waals surface area contributed by atoms with Crippen LogP contribution >= 0.6 is 0 Å². The molecule has 0 radical (unpaired) electrons. The van der Waals surface area contributed by atoms with E-state index < -0.39 is 21.8 Å². The molecule has 0 amide bonds. The number of nitrogens with one attached hydrogen (secondary N) is 1. The van der Waals surface area contributed by atoms with Crippen LogP contribution < -0.4 is 5.32 Å². The molecule has 3 rings (SSSR count). The maximum Gasteiger partial charge on any atom is 0.320 e. The summed E-state index contributed by atoms with van der Waals surface area (Å²) in [6.45, 7) is 3.68. The molecule has 1 aromatic rings. The fourth-order valence-electron chi connectivity index (χ4n) is 4.06. The zero-order valence-electron chi connectivity index (χ0n) is 16.6. The van der Waals surface area contributed by atoms with E-state index in [1.54, 1.807) is 6.92 Å². The molecule has 28 heavy (non-hydrogen) atoms. The maximum atomic E-state index is 12.6. The number of piperidine rings is 1. The molecule has 1 atom stereocenters. The Bertz CT molecular complexity index is 789. The molecule has 0 spiro atoms. The number of carbonyl (C=O) groups is 1. The highest BCUT2D eigenvalue weighted by molar-refractivity contribution is 7.92. The zero-order valence-corrected chi connectivity index (χ0v) is 17.4. The minimum Gasteiger partial charge on any atom is -0.480 e. The number of fused-ring (bicyclic) bond motifs is 1. The Labute approximate surface area is 167 Å². The van der Waals surface area contributed by atoms with E-state index in [1.165, 1.54) is 5.56 Å². The first-order valence-corrected chi connectivity index (χ1v) is 12.0. The van der Waals surface area contributed by atoms with E-state index in [-0.39, 0.29) is 11.0 Å². The molecule has 0 aliphatic carbocycles. The van der Waals surface area contributed by atoms with Crippen LogP contribution in [0.5, 0.6) is 0 Å². The summed E-state index contributed by atoms with van der Waals surface area (Å²) in [6, 6.07) is 3.63. The number of aromatic nitrogens is 1. The van der Waals surface area contributed by atoms with Gasteiger partial charge in [-0.3, -0.25) is 9.69 Å². The Hall–Kier alpha value is -1.67. The van der Waals surface area contributed by atoms with E-state index in [0.29, 0.717) is 32.4 Å². The lowest BCUT2D eigenvalue weighted by Crippen LogP contribution is -2.46. The molecule has 8 heteroatoms. The summed E-state index contributed by atoms with van der Waals surface area (Å²) in [5.41, 5.74) is 2.28. The Morgan fingerprint density at radius 1 is 1.32 bits per heavy atom. The first-order chi connectivity index (χ1) is 13.4. The molecule has 1 saturated heterocycles. The summed E-state index contributed by atoms with van der Waals surface area (Å²) in [7, 11) is -3.13. The third-order valence-electron chi connectivity index (χ3n) is 5.95. The normalized spacial score (nSPS) is 19.6. The van der Waals surface area contributed by atoms with E-state index in [4.69, 9.17) is 5.11 Å². The number of sulfone groups is 1. The first-order valence-electron chi connectivity index (χ1n) is 10.3. The van der Waals surface area contributed by atoms with Gasteiger partial charge in [0, 0.05) is 25.3 Å². The van der Waals surface area contributed by atoms with Crippen molar-refractivity contribution in [2.45, 2.75) is 63.2 Å².